The molecule has 6 heteroatoms. The smallest absolute Gasteiger partial charge is 0.190 e. The minimum Gasteiger partial charge on any atom is -0.361 e. The van der Waals surface area contributed by atoms with Crippen LogP contribution in [0.2, 0.25) is 0 Å². The molecule has 1 fully saturated rings. The van der Waals surface area contributed by atoms with Gasteiger partial charge in [-0.25, -0.2) is 0 Å². The van der Waals surface area contributed by atoms with Gasteiger partial charge in [0.05, 0.1) is 0 Å². The second-order valence-electron chi connectivity index (χ2n) is 7.77. The molecular formula is C22H36IN5. The number of para-hydroxylation sites is 1. The Morgan fingerprint density at radius 1 is 1.14 bits per heavy atom. The molecule has 156 valence electrons. The van der Waals surface area contributed by atoms with E-state index in [9.17, 15) is 0 Å². The molecule has 1 aromatic carbocycles. The third kappa shape index (κ3) is 6.95. The first-order chi connectivity index (χ1) is 13.3. The van der Waals surface area contributed by atoms with E-state index < -0.39 is 0 Å². The molecule has 1 aliphatic rings. The second kappa shape index (κ2) is 12.3. The van der Waals surface area contributed by atoms with Crippen molar-refractivity contribution in [2.45, 2.75) is 39.0 Å². The lowest BCUT2D eigenvalue weighted by molar-refractivity contribution is 0.189. The molecule has 0 spiro atoms. The van der Waals surface area contributed by atoms with Crippen LogP contribution in [-0.4, -0.2) is 55.6 Å². The van der Waals surface area contributed by atoms with E-state index in [1.165, 1.54) is 61.8 Å². The van der Waals surface area contributed by atoms with Crippen molar-refractivity contribution in [2.75, 3.05) is 39.8 Å². The zero-order valence-electron chi connectivity index (χ0n) is 17.3. The van der Waals surface area contributed by atoms with E-state index in [4.69, 9.17) is 0 Å². The Hall–Kier alpha value is -1.28. The van der Waals surface area contributed by atoms with E-state index in [0.717, 1.165) is 31.4 Å². The van der Waals surface area contributed by atoms with Crippen molar-refractivity contribution in [1.82, 2.24) is 20.5 Å². The number of aliphatic imine (C=N–C) groups is 1. The van der Waals surface area contributed by atoms with Gasteiger partial charge in [-0.05, 0) is 69.3 Å². The van der Waals surface area contributed by atoms with Gasteiger partial charge in [-0.1, -0.05) is 25.1 Å². The van der Waals surface area contributed by atoms with Crippen molar-refractivity contribution in [3.05, 3.63) is 36.0 Å². The number of nitrogens with one attached hydrogen (secondary N) is 3. The summed E-state index contributed by atoms with van der Waals surface area (Å²) in [7, 11) is 1.84. The monoisotopic (exact) mass is 497 g/mol. The van der Waals surface area contributed by atoms with Crippen molar-refractivity contribution >= 4 is 40.8 Å². The Balaban J connectivity index is 0.00000280. The van der Waals surface area contributed by atoms with Crippen molar-refractivity contribution in [1.29, 1.82) is 0 Å². The molecule has 0 bridgehead atoms. The molecule has 1 saturated heterocycles. The predicted octanol–water partition coefficient (Wildman–Crippen LogP) is 4.01. The summed E-state index contributed by atoms with van der Waals surface area (Å²) in [6.45, 7) is 8.04. The number of hydrogen-bond acceptors (Lipinski definition) is 2. The molecule has 0 amide bonds. The van der Waals surface area contributed by atoms with E-state index in [2.05, 4.69) is 62.9 Å². The second-order valence-corrected chi connectivity index (χ2v) is 7.77. The normalized spacial score (nSPS) is 16.1. The zero-order chi connectivity index (χ0) is 18.9. The minimum atomic E-state index is 0. The molecule has 0 radical (unpaired) electrons. The summed E-state index contributed by atoms with van der Waals surface area (Å²) in [6, 6.07) is 8.46. The number of aromatic nitrogens is 1. The van der Waals surface area contributed by atoms with Gasteiger partial charge >= 0.3 is 0 Å². The van der Waals surface area contributed by atoms with E-state index in [-0.39, 0.29) is 24.0 Å². The van der Waals surface area contributed by atoms with Crippen LogP contribution in [-0.2, 0) is 6.42 Å². The summed E-state index contributed by atoms with van der Waals surface area (Å²) in [6.07, 6.45) is 8.28. The van der Waals surface area contributed by atoms with Gasteiger partial charge in [-0.15, -0.1) is 24.0 Å². The van der Waals surface area contributed by atoms with Crippen molar-refractivity contribution in [3.8, 4) is 0 Å². The highest BCUT2D eigenvalue weighted by Crippen LogP contribution is 2.18. The Kier molecular flexibility index (Phi) is 10.1. The number of guanidine groups is 1. The highest BCUT2D eigenvalue weighted by atomic mass is 127. The fourth-order valence-electron chi connectivity index (χ4n) is 3.83. The number of halogens is 1. The Morgan fingerprint density at radius 3 is 2.68 bits per heavy atom. The van der Waals surface area contributed by atoms with Crippen LogP contribution < -0.4 is 10.6 Å². The van der Waals surface area contributed by atoms with Crippen molar-refractivity contribution < 1.29 is 0 Å². The summed E-state index contributed by atoms with van der Waals surface area (Å²) < 4.78 is 0. The van der Waals surface area contributed by atoms with Gasteiger partial charge in [0.25, 0.3) is 0 Å². The third-order valence-corrected chi connectivity index (χ3v) is 5.66. The Morgan fingerprint density at radius 2 is 1.89 bits per heavy atom. The average molecular weight is 497 g/mol. The van der Waals surface area contributed by atoms with Gasteiger partial charge in [0.1, 0.15) is 0 Å². The number of hydrogen-bond donors (Lipinski definition) is 3. The van der Waals surface area contributed by atoms with Gasteiger partial charge in [0, 0.05) is 37.2 Å². The third-order valence-electron chi connectivity index (χ3n) is 5.66. The number of benzene rings is 1. The molecule has 3 rings (SSSR count). The Labute approximate surface area is 186 Å². The van der Waals surface area contributed by atoms with E-state index in [1.807, 2.05) is 7.05 Å². The molecule has 0 atom stereocenters. The van der Waals surface area contributed by atoms with E-state index in [1.54, 1.807) is 0 Å². The maximum atomic E-state index is 4.34. The van der Waals surface area contributed by atoms with Crippen LogP contribution in [0.3, 0.4) is 0 Å². The van der Waals surface area contributed by atoms with Gasteiger partial charge < -0.3 is 20.5 Å². The lowest BCUT2D eigenvalue weighted by Gasteiger charge is -2.30. The first kappa shape index (κ1) is 23.0. The molecule has 0 aliphatic carbocycles. The molecular weight excluding hydrogens is 461 g/mol. The van der Waals surface area contributed by atoms with Gasteiger partial charge in [-0.2, -0.15) is 0 Å². The number of aromatic amines is 1. The van der Waals surface area contributed by atoms with Crippen LogP contribution in [0.1, 0.15) is 38.2 Å². The van der Waals surface area contributed by atoms with E-state index >= 15 is 0 Å². The number of likely N-dealkylation sites (tertiary alicyclic amines) is 1. The molecule has 2 heterocycles. The number of piperidine rings is 1. The fraction of sp³-hybridized carbons (Fsp3) is 0.591. The summed E-state index contributed by atoms with van der Waals surface area (Å²) in [4.78, 5) is 10.3. The molecule has 5 nitrogen and oxygen atoms in total. The first-order valence-corrected chi connectivity index (χ1v) is 10.5. The molecule has 2 aromatic rings. The molecule has 0 saturated carbocycles. The summed E-state index contributed by atoms with van der Waals surface area (Å²) in [5.41, 5.74) is 2.56. The van der Waals surface area contributed by atoms with Gasteiger partial charge in [0.2, 0.25) is 0 Å². The lowest BCUT2D eigenvalue weighted by Crippen LogP contribution is -2.39. The quantitative estimate of drug-likeness (QED) is 0.224. The number of unbranched alkanes of at least 4 members (excludes halogenated alkanes) is 1. The first-order valence-electron chi connectivity index (χ1n) is 10.5. The predicted molar refractivity (Wildman–Crippen MR) is 131 cm³/mol. The molecule has 1 aliphatic heterocycles. The van der Waals surface area contributed by atoms with Crippen LogP contribution in [0.5, 0.6) is 0 Å². The maximum absolute atomic E-state index is 4.34. The summed E-state index contributed by atoms with van der Waals surface area (Å²) >= 11 is 0. The average Bonchev–Trinajstić information content (AvgIpc) is 3.11. The van der Waals surface area contributed by atoms with Crippen LogP contribution in [0, 0.1) is 5.92 Å². The van der Waals surface area contributed by atoms with Crippen LogP contribution in [0.4, 0.5) is 0 Å². The number of H-pyrrole nitrogens is 1. The molecule has 0 unspecified atom stereocenters. The number of nitrogens with zero attached hydrogens (tertiary/aromatic N) is 2. The number of rotatable bonds is 8. The van der Waals surface area contributed by atoms with Gasteiger partial charge in [0.15, 0.2) is 5.96 Å². The van der Waals surface area contributed by atoms with Crippen molar-refractivity contribution in [2.24, 2.45) is 10.9 Å². The molecule has 1 aromatic heterocycles. The largest absolute Gasteiger partial charge is 0.361 e. The van der Waals surface area contributed by atoms with Crippen LogP contribution in [0.15, 0.2) is 35.5 Å². The molecule has 28 heavy (non-hydrogen) atoms. The standard InChI is InChI=1S/C22H35N5.HI/c1-18-10-15-27(16-11-18)14-6-5-12-24-22(23-2)25-13-9-19-17-26-21-8-4-3-7-20(19)21;/h3-4,7-8,17-18,26H,5-6,9-16H2,1-2H3,(H2,23,24,25);1H. The van der Waals surface area contributed by atoms with Gasteiger partial charge in [-0.3, -0.25) is 4.99 Å². The maximum Gasteiger partial charge on any atom is 0.190 e. The SMILES string of the molecule is CN=C(NCCCCN1CCC(C)CC1)NCCc1c[nH]c2ccccc12.I. The fourth-order valence-corrected chi connectivity index (χ4v) is 3.83. The lowest BCUT2D eigenvalue weighted by atomic mass is 9.99. The minimum absolute atomic E-state index is 0. The summed E-state index contributed by atoms with van der Waals surface area (Å²) in [5.74, 6) is 1.82. The zero-order valence-corrected chi connectivity index (χ0v) is 19.7. The van der Waals surface area contributed by atoms with E-state index in [0.29, 0.717) is 0 Å². The highest BCUT2D eigenvalue weighted by molar-refractivity contribution is 14.0. The highest BCUT2D eigenvalue weighted by Gasteiger charge is 2.14. The van der Waals surface area contributed by atoms with Crippen LogP contribution in [0.25, 0.3) is 10.9 Å². The van der Waals surface area contributed by atoms with Crippen LogP contribution >= 0.6 is 24.0 Å². The van der Waals surface area contributed by atoms with Crippen molar-refractivity contribution in [3.63, 3.8) is 0 Å². The topological polar surface area (TPSA) is 55.5 Å². The summed E-state index contributed by atoms with van der Waals surface area (Å²) in [5, 5.41) is 8.19. The Bertz CT molecular complexity index is 719. The number of fused-ring (bicyclic) bond motifs is 1. The molecule has 3 N–H and O–H groups in total.